The van der Waals surface area contributed by atoms with Gasteiger partial charge in [-0.15, -0.1) is 0 Å². The Labute approximate surface area is 156 Å². The Hall–Kier alpha value is -2.61. The molecule has 0 aromatic heterocycles. The molecule has 2 aromatic rings. The molecule has 0 heterocycles. The smallest absolute Gasteiger partial charge is 0.387 e. The van der Waals surface area contributed by atoms with E-state index in [2.05, 4.69) is 10.1 Å². The fourth-order valence-electron chi connectivity index (χ4n) is 2.25. The van der Waals surface area contributed by atoms with Crippen LogP contribution in [-0.4, -0.2) is 37.9 Å². The summed E-state index contributed by atoms with van der Waals surface area (Å²) in [4.78, 5) is 1.84. The van der Waals surface area contributed by atoms with E-state index in [1.54, 1.807) is 32.4 Å². The molecule has 0 amide bonds. The minimum atomic E-state index is -2.85. The van der Waals surface area contributed by atoms with Crippen LogP contribution in [0.15, 0.2) is 42.5 Å². The van der Waals surface area contributed by atoms with Crippen LogP contribution < -0.4 is 19.5 Å². The summed E-state index contributed by atoms with van der Waals surface area (Å²) in [5, 5.41) is 3.53. The number of nitrogens with one attached hydrogen (secondary N) is 1. The predicted octanol–water partition coefficient (Wildman–Crippen LogP) is 4.13. The molecule has 0 aliphatic rings. The first-order valence-corrected chi connectivity index (χ1v) is 8.11. The van der Waals surface area contributed by atoms with Crippen molar-refractivity contribution in [2.75, 3.05) is 26.6 Å². The zero-order chi connectivity index (χ0) is 19.1. The molecule has 2 rings (SSSR count). The van der Waals surface area contributed by atoms with E-state index in [1.807, 2.05) is 24.1 Å². The lowest BCUT2D eigenvalue weighted by molar-refractivity contribution is -0.0498. The van der Waals surface area contributed by atoms with Crippen LogP contribution in [0.2, 0.25) is 0 Å². The van der Waals surface area contributed by atoms with Crippen LogP contribution in [0.3, 0.4) is 0 Å². The number of ether oxygens (including phenoxy) is 3. The van der Waals surface area contributed by atoms with Crippen molar-refractivity contribution in [3.8, 4) is 17.2 Å². The molecule has 0 aliphatic carbocycles. The van der Waals surface area contributed by atoms with Crippen molar-refractivity contribution >= 4 is 23.0 Å². The maximum absolute atomic E-state index is 12.2. The maximum Gasteiger partial charge on any atom is 0.387 e. The molecule has 2 aromatic carbocycles. The van der Waals surface area contributed by atoms with E-state index in [9.17, 15) is 8.78 Å². The number of hydrogen-bond donors (Lipinski definition) is 1. The standard InChI is InChI=1S/C18H20F2N2O3S/c1-22(11-12-4-7-15(23-2)10-16(12)24-3)18(26)21-13-5-8-14(9-6-13)25-17(19)20/h4-10,17H,11H2,1-3H3,(H,21,26). The highest BCUT2D eigenvalue weighted by molar-refractivity contribution is 7.80. The third-order valence-corrected chi connectivity index (χ3v) is 3.99. The van der Waals surface area contributed by atoms with Gasteiger partial charge in [0.2, 0.25) is 0 Å². The molecule has 0 aliphatic heterocycles. The minimum absolute atomic E-state index is 0.0905. The molecular weight excluding hydrogens is 362 g/mol. The lowest BCUT2D eigenvalue weighted by Gasteiger charge is -2.22. The molecule has 0 bridgehead atoms. The number of alkyl halides is 2. The third-order valence-electron chi connectivity index (χ3n) is 3.58. The van der Waals surface area contributed by atoms with Crippen molar-refractivity contribution in [1.82, 2.24) is 4.90 Å². The van der Waals surface area contributed by atoms with Gasteiger partial charge in [0, 0.05) is 30.9 Å². The Bertz CT molecular complexity index is 742. The average Bonchev–Trinajstić information content (AvgIpc) is 2.63. The molecule has 140 valence electrons. The van der Waals surface area contributed by atoms with Crippen LogP contribution in [0.4, 0.5) is 14.5 Å². The molecule has 0 saturated heterocycles. The predicted molar refractivity (Wildman–Crippen MR) is 100 cm³/mol. The van der Waals surface area contributed by atoms with Gasteiger partial charge < -0.3 is 24.4 Å². The lowest BCUT2D eigenvalue weighted by Crippen LogP contribution is -2.30. The van der Waals surface area contributed by atoms with E-state index < -0.39 is 6.61 Å². The Morgan fingerprint density at radius 2 is 1.73 bits per heavy atom. The summed E-state index contributed by atoms with van der Waals surface area (Å²) in [5.74, 6) is 1.50. The van der Waals surface area contributed by atoms with Gasteiger partial charge >= 0.3 is 6.61 Å². The molecule has 0 radical (unpaired) electrons. The van der Waals surface area contributed by atoms with Crippen molar-refractivity contribution < 1.29 is 23.0 Å². The van der Waals surface area contributed by atoms with Crippen LogP contribution in [-0.2, 0) is 6.54 Å². The molecule has 0 atom stereocenters. The van der Waals surface area contributed by atoms with Crippen LogP contribution in [0.25, 0.3) is 0 Å². The highest BCUT2D eigenvalue weighted by Gasteiger charge is 2.11. The van der Waals surface area contributed by atoms with E-state index in [1.165, 1.54) is 12.1 Å². The number of halogens is 2. The number of thiocarbonyl (C=S) groups is 1. The van der Waals surface area contributed by atoms with Gasteiger partial charge in [-0.25, -0.2) is 0 Å². The topological polar surface area (TPSA) is 43.0 Å². The molecule has 0 spiro atoms. The summed E-state index contributed by atoms with van der Waals surface area (Å²) in [7, 11) is 5.03. The first kappa shape index (κ1) is 19.7. The minimum Gasteiger partial charge on any atom is -0.497 e. The fraction of sp³-hybridized carbons (Fsp3) is 0.278. The van der Waals surface area contributed by atoms with Crippen LogP contribution >= 0.6 is 12.2 Å². The van der Waals surface area contributed by atoms with Gasteiger partial charge in [0.25, 0.3) is 0 Å². The Kier molecular flexibility index (Phi) is 6.97. The van der Waals surface area contributed by atoms with Crippen LogP contribution in [0.5, 0.6) is 17.2 Å². The zero-order valence-corrected chi connectivity index (χ0v) is 15.5. The summed E-state index contributed by atoms with van der Waals surface area (Å²) < 4.78 is 39.2. The second-order valence-electron chi connectivity index (χ2n) is 5.37. The van der Waals surface area contributed by atoms with Crippen LogP contribution in [0.1, 0.15) is 5.56 Å². The van der Waals surface area contributed by atoms with E-state index in [4.69, 9.17) is 21.7 Å². The summed E-state index contributed by atoms with van der Waals surface area (Å²) >= 11 is 5.39. The maximum atomic E-state index is 12.2. The van der Waals surface area contributed by atoms with E-state index >= 15 is 0 Å². The van der Waals surface area contributed by atoms with E-state index in [0.29, 0.717) is 28.8 Å². The lowest BCUT2D eigenvalue weighted by atomic mass is 10.2. The summed E-state index contributed by atoms with van der Waals surface area (Å²) in [6.45, 7) is -2.33. The molecule has 26 heavy (non-hydrogen) atoms. The number of anilines is 1. The second-order valence-corrected chi connectivity index (χ2v) is 5.75. The number of hydrogen-bond acceptors (Lipinski definition) is 4. The first-order valence-electron chi connectivity index (χ1n) is 7.71. The van der Waals surface area contributed by atoms with E-state index in [0.717, 1.165) is 5.56 Å². The normalized spacial score (nSPS) is 10.4. The second kappa shape index (κ2) is 9.19. The van der Waals surface area contributed by atoms with Crippen molar-refractivity contribution in [2.45, 2.75) is 13.2 Å². The summed E-state index contributed by atoms with van der Waals surface area (Å²) in [5.41, 5.74) is 1.62. The van der Waals surface area contributed by atoms with Crippen molar-refractivity contribution in [3.05, 3.63) is 48.0 Å². The Morgan fingerprint density at radius 1 is 1.08 bits per heavy atom. The average molecular weight is 382 g/mol. The first-order chi connectivity index (χ1) is 12.4. The summed E-state index contributed by atoms with van der Waals surface area (Å²) in [6.07, 6.45) is 0. The zero-order valence-electron chi connectivity index (χ0n) is 14.7. The van der Waals surface area contributed by atoms with Gasteiger partial charge in [-0.05, 0) is 48.6 Å². The molecular formula is C18H20F2N2O3S. The van der Waals surface area contributed by atoms with Gasteiger partial charge in [0.1, 0.15) is 17.2 Å². The number of rotatable bonds is 7. The quantitative estimate of drug-likeness (QED) is 0.727. The van der Waals surface area contributed by atoms with Crippen molar-refractivity contribution in [1.29, 1.82) is 0 Å². The van der Waals surface area contributed by atoms with Gasteiger partial charge in [-0.2, -0.15) is 8.78 Å². The number of nitrogens with zero attached hydrogens (tertiary/aromatic N) is 1. The van der Waals surface area contributed by atoms with Gasteiger partial charge in [-0.1, -0.05) is 0 Å². The monoisotopic (exact) mass is 382 g/mol. The Balaban J connectivity index is 1.99. The van der Waals surface area contributed by atoms with E-state index in [-0.39, 0.29) is 5.75 Å². The van der Waals surface area contributed by atoms with Gasteiger partial charge in [0.05, 0.1) is 14.2 Å². The largest absolute Gasteiger partial charge is 0.497 e. The highest BCUT2D eigenvalue weighted by Crippen LogP contribution is 2.26. The van der Waals surface area contributed by atoms with Gasteiger partial charge in [0.15, 0.2) is 5.11 Å². The SMILES string of the molecule is COc1ccc(CN(C)C(=S)Nc2ccc(OC(F)F)cc2)c(OC)c1. The Morgan fingerprint density at radius 3 is 2.31 bits per heavy atom. The third kappa shape index (κ3) is 5.45. The fourth-order valence-corrected chi connectivity index (χ4v) is 2.43. The number of methoxy groups -OCH3 is 2. The van der Waals surface area contributed by atoms with Crippen LogP contribution in [0, 0.1) is 0 Å². The van der Waals surface area contributed by atoms with Gasteiger partial charge in [-0.3, -0.25) is 0 Å². The molecule has 0 unspecified atom stereocenters. The summed E-state index contributed by atoms with van der Waals surface area (Å²) in [6, 6.07) is 11.7. The molecule has 0 fully saturated rings. The highest BCUT2D eigenvalue weighted by atomic mass is 32.1. The van der Waals surface area contributed by atoms with Crippen molar-refractivity contribution in [2.24, 2.45) is 0 Å². The molecule has 0 saturated carbocycles. The molecule has 5 nitrogen and oxygen atoms in total. The molecule has 8 heteroatoms. The van der Waals surface area contributed by atoms with Crippen molar-refractivity contribution in [3.63, 3.8) is 0 Å². The molecule has 1 N–H and O–H groups in total. The number of benzene rings is 2.